The Morgan fingerprint density at radius 2 is 2.18 bits per heavy atom. The van der Waals surface area contributed by atoms with Crippen LogP contribution in [0.15, 0.2) is 0 Å². The monoisotopic (exact) mass is 259 g/mol. The molecule has 0 spiro atoms. The highest BCUT2D eigenvalue weighted by Crippen LogP contribution is 2.20. The normalized spacial score (nSPS) is 22.2. The van der Waals surface area contributed by atoms with Gasteiger partial charge in [-0.2, -0.15) is 11.8 Å². The van der Waals surface area contributed by atoms with Crippen molar-refractivity contribution in [1.82, 2.24) is 4.90 Å². The van der Waals surface area contributed by atoms with Crippen LogP contribution in [0.1, 0.15) is 33.6 Å². The average Bonchev–Trinajstić information content (AvgIpc) is 2.73. The standard InChI is InChI=1S/C13H25NO2S/c1-10(2)5-7-17-9-13(16)14-6-4-12(8-14)11(3)15/h10-12,15H,4-9H2,1-3H3. The Labute approximate surface area is 109 Å². The van der Waals surface area contributed by atoms with E-state index < -0.39 is 0 Å². The number of nitrogens with zero attached hydrogens (tertiary/aromatic N) is 1. The second-order valence-electron chi connectivity index (χ2n) is 5.36. The number of likely N-dealkylation sites (tertiary alicyclic amines) is 1. The van der Waals surface area contributed by atoms with E-state index in [1.807, 2.05) is 11.8 Å². The molecule has 2 atom stereocenters. The highest BCUT2D eigenvalue weighted by Gasteiger charge is 2.28. The van der Waals surface area contributed by atoms with Crippen molar-refractivity contribution < 1.29 is 9.90 Å². The highest BCUT2D eigenvalue weighted by molar-refractivity contribution is 7.99. The average molecular weight is 259 g/mol. The molecule has 1 heterocycles. The Morgan fingerprint density at radius 3 is 2.71 bits per heavy atom. The van der Waals surface area contributed by atoms with Gasteiger partial charge in [-0.1, -0.05) is 13.8 Å². The first-order chi connectivity index (χ1) is 8.00. The van der Waals surface area contributed by atoms with E-state index in [9.17, 15) is 9.90 Å². The van der Waals surface area contributed by atoms with Gasteiger partial charge in [0, 0.05) is 19.0 Å². The number of aliphatic hydroxyl groups excluding tert-OH is 1. The fourth-order valence-corrected chi connectivity index (χ4v) is 3.12. The van der Waals surface area contributed by atoms with E-state index in [4.69, 9.17) is 0 Å². The van der Waals surface area contributed by atoms with Crippen molar-refractivity contribution in [2.75, 3.05) is 24.6 Å². The van der Waals surface area contributed by atoms with Crippen molar-refractivity contribution >= 4 is 17.7 Å². The van der Waals surface area contributed by atoms with Crippen LogP contribution in [0.2, 0.25) is 0 Å². The maximum Gasteiger partial charge on any atom is 0.232 e. The molecule has 0 aromatic heterocycles. The van der Waals surface area contributed by atoms with E-state index in [0.29, 0.717) is 11.7 Å². The van der Waals surface area contributed by atoms with Gasteiger partial charge >= 0.3 is 0 Å². The predicted molar refractivity (Wildman–Crippen MR) is 73.1 cm³/mol. The first kappa shape index (κ1) is 14.8. The van der Waals surface area contributed by atoms with Crippen LogP contribution in [0.5, 0.6) is 0 Å². The Hall–Kier alpha value is -0.220. The van der Waals surface area contributed by atoms with Gasteiger partial charge in [0.05, 0.1) is 11.9 Å². The third kappa shape index (κ3) is 5.30. The smallest absolute Gasteiger partial charge is 0.232 e. The van der Waals surface area contributed by atoms with E-state index in [-0.39, 0.29) is 17.9 Å². The molecule has 1 fully saturated rings. The van der Waals surface area contributed by atoms with Crippen molar-refractivity contribution in [3.63, 3.8) is 0 Å². The van der Waals surface area contributed by atoms with Crippen LogP contribution in [0, 0.1) is 11.8 Å². The molecule has 0 radical (unpaired) electrons. The number of hydrogen-bond acceptors (Lipinski definition) is 3. The molecule has 2 unspecified atom stereocenters. The predicted octanol–water partition coefficient (Wildman–Crippen LogP) is 2.00. The second kappa shape index (κ2) is 7.27. The summed E-state index contributed by atoms with van der Waals surface area (Å²) >= 11 is 1.73. The molecule has 1 aliphatic rings. The summed E-state index contributed by atoms with van der Waals surface area (Å²) in [5.41, 5.74) is 0. The Morgan fingerprint density at radius 1 is 1.47 bits per heavy atom. The van der Waals surface area contributed by atoms with Crippen molar-refractivity contribution in [2.45, 2.75) is 39.7 Å². The molecule has 1 rings (SSSR count). The molecular formula is C13H25NO2S. The van der Waals surface area contributed by atoms with Crippen LogP contribution in [-0.2, 0) is 4.79 Å². The molecule has 1 N–H and O–H groups in total. The summed E-state index contributed by atoms with van der Waals surface area (Å²) in [6, 6.07) is 0. The molecular weight excluding hydrogens is 234 g/mol. The molecule has 0 bridgehead atoms. The third-order valence-electron chi connectivity index (χ3n) is 3.32. The molecule has 0 aromatic rings. The lowest BCUT2D eigenvalue weighted by molar-refractivity contribution is -0.127. The number of amides is 1. The van der Waals surface area contributed by atoms with Gasteiger partial charge in [-0.15, -0.1) is 0 Å². The molecule has 17 heavy (non-hydrogen) atoms. The van der Waals surface area contributed by atoms with Crippen LogP contribution < -0.4 is 0 Å². The minimum absolute atomic E-state index is 0.238. The zero-order chi connectivity index (χ0) is 12.8. The lowest BCUT2D eigenvalue weighted by Crippen LogP contribution is -2.31. The summed E-state index contributed by atoms with van der Waals surface area (Å²) in [6.45, 7) is 7.78. The second-order valence-corrected chi connectivity index (χ2v) is 6.47. The van der Waals surface area contributed by atoms with Gasteiger partial charge in [0.1, 0.15) is 0 Å². The molecule has 0 saturated carbocycles. The van der Waals surface area contributed by atoms with Gasteiger partial charge in [-0.05, 0) is 31.4 Å². The van der Waals surface area contributed by atoms with Crippen LogP contribution in [-0.4, -0.2) is 46.6 Å². The van der Waals surface area contributed by atoms with Gasteiger partial charge in [0.2, 0.25) is 5.91 Å². The summed E-state index contributed by atoms with van der Waals surface area (Å²) in [4.78, 5) is 13.8. The molecule has 1 saturated heterocycles. The first-order valence-electron chi connectivity index (χ1n) is 6.54. The van der Waals surface area contributed by atoms with Gasteiger partial charge in [0.15, 0.2) is 0 Å². The molecule has 100 valence electrons. The third-order valence-corrected chi connectivity index (χ3v) is 4.30. The topological polar surface area (TPSA) is 40.5 Å². The van der Waals surface area contributed by atoms with Crippen molar-refractivity contribution in [2.24, 2.45) is 11.8 Å². The molecule has 3 nitrogen and oxygen atoms in total. The maximum atomic E-state index is 11.9. The van der Waals surface area contributed by atoms with E-state index in [1.54, 1.807) is 11.8 Å². The van der Waals surface area contributed by atoms with E-state index in [1.165, 1.54) is 6.42 Å². The van der Waals surface area contributed by atoms with Crippen LogP contribution >= 0.6 is 11.8 Å². The van der Waals surface area contributed by atoms with Crippen LogP contribution in [0.4, 0.5) is 0 Å². The lowest BCUT2D eigenvalue weighted by Gasteiger charge is -2.17. The number of hydrogen-bond donors (Lipinski definition) is 1. The zero-order valence-corrected chi connectivity index (χ0v) is 12.0. The molecule has 4 heteroatoms. The summed E-state index contributed by atoms with van der Waals surface area (Å²) < 4.78 is 0. The number of carbonyl (C=O) groups is 1. The van der Waals surface area contributed by atoms with Gasteiger partial charge in [-0.25, -0.2) is 0 Å². The quantitative estimate of drug-likeness (QED) is 0.742. The Balaban J connectivity index is 2.16. The fraction of sp³-hybridized carbons (Fsp3) is 0.923. The van der Waals surface area contributed by atoms with Gasteiger partial charge in [0.25, 0.3) is 0 Å². The van der Waals surface area contributed by atoms with Crippen molar-refractivity contribution in [3.05, 3.63) is 0 Å². The van der Waals surface area contributed by atoms with Crippen molar-refractivity contribution in [3.8, 4) is 0 Å². The lowest BCUT2D eigenvalue weighted by atomic mass is 10.0. The number of carbonyl (C=O) groups excluding carboxylic acids is 1. The molecule has 1 amide bonds. The minimum Gasteiger partial charge on any atom is -0.393 e. The largest absolute Gasteiger partial charge is 0.393 e. The molecule has 0 aromatic carbocycles. The zero-order valence-electron chi connectivity index (χ0n) is 11.2. The van der Waals surface area contributed by atoms with E-state index in [0.717, 1.165) is 25.3 Å². The van der Waals surface area contributed by atoms with Crippen LogP contribution in [0.25, 0.3) is 0 Å². The maximum absolute atomic E-state index is 11.9. The Kier molecular flexibility index (Phi) is 6.34. The minimum atomic E-state index is -0.290. The van der Waals surface area contributed by atoms with Gasteiger partial charge in [-0.3, -0.25) is 4.79 Å². The highest BCUT2D eigenvalue weighted by atomic mass is 32.2. The summed E-state index contributed by atoms with van der Waals surface area (Å²) in [5.74, 6) is 2.89. The first-order valence-corrected chi connectivity index (χ1v) is 7.69. The van der Waals surface area contributed by atoms with E-state index in [2.05, 4.69) is 13.8 Å². The fourth-order valence-electron chi connectivity index (χ4n) is 1.98. The summed E-state index contributed by atoms with van der Waals surface area (Å²) in [7, 11) is 0. The van der Waals surface area contributed by atoms with Crippen molar-refractivity contribution in [1.29, 1.82) is 0 Å². The van der Waals surface area contributed by atoms with Crippen LogP contribution in [0.3, 0.4) is 0 Å². The van der Waals surface area contributed by atoms with E-state index >= 15 is 0 Å². The molecule has 0 aliphatic carbocycles. The number of thioether (sulfide) groups is 1. The SMILES string of the molecule is CC(C)CCSCC(=O)N1CCC(C(C)O)C1. The molecule has 1 aliphatic heterocycles. The summed E-state index contributed by atoms with van der Waals surface area (Å²) in [6.07, 6.45) is 1.83. The Bertz CT molecular complexity index is 244. The summed E-state index contributed by atoms with van der Waals surface area (Å²) in [5, 5.41) is 9.48. The van der Waals surface area contributed by atoms with Gasteiger partial charge < -0.3 is 10.0 Å². The number of rotatable bonds is 6. The number of aliphatic hydroxyl groups is 1.